The summed E-state index contributed by atoms with van der Waals surface area (Å²) < 4.78 is 56.3. The van der Waals surface area contributed by atoms with Crippen LogP contribution in [0, 0.1) is 36.2 Å². The molecule has 3 atom stereocenters. The first kappa shape index (κ1) is 26.6. The molecule has 0 saturated heterocycles. The predicted octanol–water partition coefficient (Wildman–Crippen LogP) is 6.10. The minimum absolute atomic E-state index is 0.00254. The Balaban J connectivity index is 1.17. The van der Waals surface area contributed by atoms with Crippen LogP contribution in [0.4, 0.5) is 13.2 Å². The number of aromatic nitrogens is 1. The summed E-state index contributed by atoms with van der Waals surface area (Å²) in [6.07, 6.45) is 3.88. The molecule has 3 aliphatic rings. The number of carbonyl (C=O) groups is 1. The molecule has 0 spiro atoms. The van der Waals surface area contributed by atoms with E-state index in [1.807, 2.05) is 0 Å². The number of carboxylic acids is 1. The zero-order valence-electron chi connectivity index (χ0n) is 22.2. The van der Waals surface area contributed by atoms with Crippen molar-refractivity contribution in [3.8, 4) is 22.8 Å². The number of aliphatic hydroxyl groups is 1. The molecule has 3 aliphatic carbocycles. The topological polar surface area (TPSA) is 88.9 Å². The Morgan fingerprint density at radius 3 is 2.45 bits per heavy atom. The maximum atomic E-state index is 15.0. The van der Waals surface area contributed by atoms with E-state index in [4.69, 9.17) is 9.47 Å². The molecule has 0 unspecified atom stereocenters. The third kappa shape index (κ3) is 4.91. The van der Waals surface area contributed by atoms with E-state index in [-0.39, 0.29) is 41.6 Å². The summed E-state index contributed by atoms with van der Waals surface area (Å²) in [4.78, 5) is 15.6. The number of hydrogen-bond acceptors (Lipinski definition) is 5. The Morgan fingerprint density at radius 2 is 1.77 bits per heavy atom. The van der Waals surface area contributed by atoms with Gasteiger partial charge in [-0.25, -0.2) is 18.2 Å². The van der Waals surface area contributed by atoms with Crippen LogP contribution in [0.2, 0.25) is 0 Å². The molecule has 2 aromatic carbocycles. The van der Waals surface area contributed by atoms with Crippen LogP contribution < -0.4 is 9.47 Å². The third-order valence-corrected chi connectivity index (χ3v) is 8.64. The standard InChI is InChI=1S/C31H30F3NO5/c1-15-7-23(32)18(14-39-26-12-16-8-21-27(22(16)13-35-26)28(21)30(36)37)9-20(15)17-10-24(33)29(25(34)11-17)40-19-3-5-31(2,38)6-4-19/h7,9-13,19,21,27-28,38H,3-6,8,14H2,1-2H3,(H,36,37)/t19-,21-,27-,28+,31-/m1/s1. The molecule has 0 amide bonds. The lowest BCUT2D eigenvalue weighted by atomic mass is 9.85. The summed E-state index contributed by atoms with van der Waals surface area (Å²) in [5.74, 6) is -3.39. The highest BCUT2D eigenvalue weighted by molar-refractivity contribution is 5.77. The molecule has 210 valence electrons. The summed E-state index contributed by atoms with van der Waals surface area (Å²) in [6.45, 7) is 3.26. The summed E-state index contributed by atoms with van der Waals surface area (Å²) in [6, 6.07) is 6.95. The van der Waals surface area contributed by atoms with Gasteiger partial charge in [0.25, 0.3) is 0 Å². The SMILES string of the molecule is Cc1cc(F)c(COc2cc3c(cn2)[C@H]2[C@@H](C3)[C@@H]2C(=O)O)cc1-c1cc(F)c(O[C@H]2CC[C@](C)(O)CC2)c(F)c1. The lowest BCUT2D eigenvalue weighted by Crippen LogP contribution is -2.35. The maximum absolute atomic E-state index is 15.0. The third-order valence-electron chi connectivity index (χ3n) is 8.64. The van der Waals surface area contributed by atoms with E-state index in [1.165, 1.54) is 24.3 Å². The van der Waals surface area contributed by atoms with Gasteiger partial charge in [-0.15, -0.1) is 0 Å². The van der Waals surface area contributed by atoms with Gasteiger partial charge in [0.15, 0.2) is 17.4 Å². The minimum Gasteiger partial charge on any atom is -0.484 e. The van der Waals surface area contributed by atoms with Crippen LogP contribution in [-0.2, 0) is 17.8 Å². The second-order valence-electron chi connectivity index (χ2n) is 11.6. The monoisotopic (exact) mass is 553 g/mol. The maximum Gasteiger partial charge on any atom is 0.307 e. The van der Waals surface area contributed by atoms with Gasteiger partial charge in [-0.05, 0) is 104 Å². The average Bonchev–Trinajstić information content (AvgIpc) is 3.49. The van der Waals surface area contributed by atoms with Gasteiger partial charge in [-0.2, -0.15) is 0 Å². The number of pyridine rings is 1. The Morgan fingerprint density at radius 1 is 1.07 bits per heavy atom. The molecule has 0 aliphatic heterocycles. The zero-order chi connectivity index (χ0) is 28.3. The van der Waals surface area contributed by atoms with Crippen molar-refractivity contribution in [2.75, 3.05) is 0 Å². The van der Waals surface area contributed by atoms with Crippen LogP contribution in [-0.4, -0.2) is 32.9 Å². The highest BCUT2D eigenvalue weighted by Gasteiger charge is 2.59. The average molecular weight is 554 g/mol. The number of aliphatic carboxylic acids is 1. The summed E-state index contributed by atoms with van der Waals surface area (Å²) in [5, 5.41) is 19.4. The van der Waals surface area contributed by atoms with Gasteiger partial charge < -0.3 is 19.7 Å². The van der Waals surface area contributed by atoms with Gasteiger partial charge in [0.2, 0.25) is 5.88 Å². The van der Waals surface area contributed by atoms with E-state index >= 15 is 8.78 Å². The molecular formula is C31H30F3NO5. The normalized spacial score (nSPS) is 26.6. The molecule has 6 nitrogen and oxygen atoms in total. The first-order valence-corrected chi connectivity index (χ1v) is 13.5. The second-order valence-corrected chi connectivity index (χ2v) is 11.6. The van der Waals surface area contributed by atoms with Crippen LogP contribution in [0.5, 0.6) is 11.6 Å². The number of carboxylic acid groups (broad SMARTS) is 1. The molecule has 0 radical (unpaired) electrons. The van der Waals surface area contributed by atoms with Gasteiger partial charge in [0.05, 0.1) is 17.6 Å². The first-order chi connectivity index (χ1) is 19.0. The van der Waals surface area contributed by atoms with Crippen molar-refractivity contribution in [2.24, 2.45) is 11.8 Å². The molecule has 40 heavy (non-hydrogen) atoms. The number of ether oxygens (including phenoxy) is 2. The van der Waals surface area contributed by atoms with E-state index in [9.17, 15) is 19.4 Å². The minimum atomic E-state index is -0.848. The number of hydrogen-bond donors (Lipinski definition) is 2. The Hall–Kier alpha value is -3.59. The number of fused-ring (bicyclic) bond motifs is 3. The molecule has 2 N–H and O–H groups in total. The molecule has 2 saturated carbocycles. The van der Waals surface area contributed by atoms with Gasteiger partial charge >= 0.3 is 5.97 Å². The highest BCUT2D eigenvalue weighted by Crippen LogP contribution is 2.61. The largest absolute Gasteiger partial charge is 0.484 e. The van der Waals surface area contributed by atoms with Crippen LogP contribution in [0.15, 0.2) is 36.5 Å². The van der Waals surface area contributed by atoms with Crippen molar-refractivity contribution in [3.63, 3.8) is 0 Å². The number of aryl methyl sites for hydroxylation is 1. The van der Waals surface area contributed by atoms with Crippen LogP contribution in [0.3, 0.4) is 0 Å². The molecule has 6 rings (SSSR count). The Labute approximate surface area is 229 Å². The Bertz CT molecular complexity index is 1470. The fraction of sp³-hybridized carbons (Fsp3) is 0.419. The van der Waals surface area contributed by atoms with Gasteiger partial charge in [0, 0.05) is 23.7 Å². The smallest absolute Gasteiger partial charge is 0.307 e. The fourth-order valence-electron chi connectivity index (χ4n) is 6.30. The molecule has 2 fully saturated rings. The van der Waals surface area contributed by atoms with Crippen LogP contribution in [0.25, 0.3) is 11.1 Å². The van der Waals surface area contributed by atoms with E-state index < -0.39 is 34.8 Å². The van der Waals surface area contributed by atoms with E-state index in [1.54, 1.807) is 26.1 Å². The zero-order valence-corrected chi connectivity index (χ0v) is 22.2. The Kier molecular flexibility index (Phi) is 6.52. The summed E-state index contributed by atoms with van der Waals surface area (Å²) in [5.41, 5.74) is 2.55. The van der Waals surface area contributed by atoms with Gasteiger partial charge in [0.1, 0.15) is 12.4 Å². The second kappa shape index (κ2) is 9.80. The van der Waals surface area contributed by atoms with E-state index in [0.29, 0.717) is 49.1 Å². The number of nitrogens with zero attached hydrogens (tertiary/aromatic N) is 1. The molecule has 1 aromatic heterocycles. The lowest BCUT2D eigenvalue weighted by Gasteiger charge is -2.33. The van der Waals surface area contributed by atoms with Crippen molar-refractivity contribution in [2.45, 2.75) is 70.2 Å². The number of benzene rings is 2. The van der Waals surface area contributed by atoms with Crippen molar-refractivity contribution in [3.05, 3.63) is 76.2 Å². The number of halogens is 3. The van der Waals surface area contributed by atoms with E-state index in [0.717, 1.165) is 11.1 Å². The predicted molar refractivity (Wildman–Crippen MR) is 140 cm³/mol. The molecule has 1 heterocycles. The molecule has 3 aromatic rings. The summed E-state index contributed by atoms with van der Waals surface area (Å²) in [7, 11) is 0. The molecule has 9 heteroatoms. The van der Waals surface area contributed by atoms with Crippen molar-refractivity contribution in [1.82, 2.24) is 4.98 Å². The van der Waals surface area contributed by atoms with E-state index in [2.05, 4.69) is 4.98 Å². The van der Waals surface area contributed by atoms with Crippen molar-refractivity contribution >= 4 is 5.97 Å². The van der Waals surface area contributed by atoms with Crippen molar-refractivity contribution in [1.29, 1.82) is 0 Å². The number of rotatable bonds is 7. The van der Waals surface area contributed by atoms with Gasteiger partial charge in [-0.1, -0.05) is 0 Å². The highest BCUT2D eigenvalue weighted by atomic mass is 19.1. The quantitative estimate of drug-likeness (QED) is 0.368. The molecule has 0 bridgehead atoms. The first-order valence-electron chi connectivity index (χ1n) is 13.5. The van der Waals surface area contributed by atoms with Crippen LogP contribution in [0.1, 0.15) is 60.8 Å². The van der Waals surface area contributed by atoms with Crippen molar-refractivity contribution < 1.29 is 37.7 Å². The molecular weight excluding hydrogens is 523 g/mol. The van der Waals surface area contributed by atoms with Gasteiger partial charge in [-0.3, -0.25) is 4.79 Å². The lowest BCUT2D eigenvalue weighted by molar-refractivity contribution is -0.139. The van der Waals surface area contributed by atoms with Crippen LogP contribution >= 0.6 is 0 Å². The summed E-state index contributed by atoms with van der Waals surface area (Å²) >= 11 is 0. The fourth-order valence-corrected chi connectivity index (χ4v) is 6.30.